The number of thiazole rings is 1. The second kappa shape index (κ2) is 5.17. The van der Waals surface area contributed by atoms with Gasteiger partial charge in [-0.3, -0.25) is 4.79 Å². The lowest BCUT2D eigenvalue weighted by molar-refractivity contribution is 0.0989. The third kappa shape index (κ3) is 2.27. The van der Waals surface area contributed by atoms with Gasteiger partial charge in [0.15, 0.2) is 10.5 Å². The van der Waals surface area contributed by atoms with Gasteiger partial charge in [-0.15, -0.1) is 0 Å². The van der Waals surface area contributed by atoms with Crippen LogP contribution < -0.4 is 4.80 Å². The van der Waals surface area contributed by atoms with Crippen LogP contribution in [0.5, 0.6) is 0 Å². The van der Waals surface area contributed by atoms with Crippen molar-refractivity contribution in [1.82, 2.24) is 9.72 Å². The van der Waals surface area contributed by atoms with E-state index in [1.54, 1.807) is 13.0 Å². The van der Waals surface area contributed by atoms with E-state index in [9.17, 15) is 4.79 Å². The van der Waals surface area contributed by atoms with Gasteiger partial charge in [-0.2, -0.15) is 4.99 Å². The predicted molar refractivity (Wildman–Crippen MR) is 89.4 cm³/mol. The molecule has 0 fully saturated rings. The summed E-state index contributed by atoms with van der Waals surface area (Å²) in [5.41, 5.74) is 1.31. The summed E-state index contributed by atoms with van der Waals surface area (Å²) in [6.07, 6.45) is 0. The molecular formula is C17H13N3O2S. The van der Waals surface area contributed by atoms with E-state index in [4.69, 9.17) is 4.52 Å². The summed E-state index contributed by atoms with van der Waals surface area (Å²) in [7, 11) is 1.92. The Labute approximate surface area is 135 Å². The number of carbonyl (C=O) groups is 1. The van der Waals surface area contributed by atoms with Crippen molar-refractivity contribution in [2.45, 2.75) is 6.92 Å². The molecule has 6 heteroatoms. The molecule has 0 radical (unpaired) electrons. The van der Waals surface area contributed by atoms with Crippen LogP contribution in [0.25, 0.3) is 21.0 Å². The largest absolute Gasteiger partial charge is 0.361 e. The number of aryl methyl sites for hydroxylation is 2. The molecule has 2 heterocycles. The van der Waals surface area contributed by atoms with Crippen LogP contribution in [0.3, 0.4) is 0 Å². The first-order valence-electron chi connectivity index (χ1n) is 7.13. The van der Waals surface area contributed by atoms with Crippen LogP contribution in [-0.2, 0) is 7.05 Å². The quantitative estimate of drug-likeness (QED) is 0.539. The van der Waals surface area contributed by atoms with Crippen molar-refractivity contribution in [2.24, 2.45) is 12.0 Å². The first kappa shape index (κ1) is 13.9. The van der Waals surface area contributed by atoms with Gasteiger partial charge in [0.05, 0.1) is 10.2 Å². The molecule has 0 N–H and O–H groups in total. The van der Waals surface area contributed by atoms with E-state index >= 15 is 0 Å². The van der Waals surface area contributed by atoms with Gasteiger partial charge in [0.25, 0.3) is 0 Å². The highest BCUT2D eigenvalue weighted by molar-refractivity contribution is 7.16. The highest BCUT2D eigenvalue weighted by Crippen LogP contribution is 2.26. The zero-order valence-corrected chi connectivity index (χ0v) is 13.4. The summed E-state index contributed by atoms with van der Waals surface area (Å²) in [6.45, 7) is 1.75. The smallest absolute Gasteiger partial charge is 0.301 e. The standard InChI is InChI=1S/C17H13N3O2S/c1-10-9-13(19-22-10)16(21)18-17-20(2)15-12-6-4-3-5-11(12)7-8-14(15)23-17/h3-9H,1-2H3. The molecule has 1 amide bonds. The molecule has 0 bridgehead atoms. The molecule has 0 saturated carbocycles. The molecule has 5 nitrogen and oxygen atoms in total. The maximum atomic E-state index is 12.2. The molecule has 4 aromatic rings. The molecule has 0 aliphatic rings. The number of carbonyl (C=O) groups excluding carboxylic acids is 1. The molecule has 114 valence electrons. The number of nitrogens with zero attached hydrogens (tertiary/aromatic N) is 3. The van der Waals surface area contributed by atoms with Crippen molar-refractivity contribution < 1.29 is 9.32 Å². The van der Waals surface area contributed by atoms with Crippen molar-refractivity contribution in [2.75, 3.05) is 0 Å². The lowest BCUT2D eigenvalue weighted by Gasteiger charge is -2.01. The number of hydrogen-bond donors (Lipinski definition) is 0. The van der Waals surface area contributed by atoms with Crippen LogP contribution in [0.1, 0.15) is 16.2 Å². The molecule has 2 aromatic carbocycles. The van der Waals surface area contributed by atoms with Crippen LogP contribution in [-0.4, -0.2) is 15.6 Å². The molecule has 0 unspecified atom stereocenters. The van der Waals surface area contributed by atoms with Gasteiger partial charge in [0, 0.05) is 18.5 Å². The molecule has 4 rings (SSSR count). The van der Waals surface area contributed by atoms with Gasteiger partial charge < -0.3 is 9.09 Å². The molecule has 23 heavy (non-hydrogen) atoms. The van der Waals surface area contributed by atoms with Crippen LogP contribution in [0, 0.1) is 6.92 Å². The van der Waals surface area contributed by atoms with E-state index in [2.05, 4.69) is 34.4 Å². The molecule has 0 saturated heterocycles. The minimum Gasteiger partial charge on any atom is -0.361 e. The molecule has 0 aliphatic carbocycles. The molecule has 0 atom stereocenters. The Morgan fingerprint density at radius 2 is 2.09 bits per heavy atom. The molecule has 0 spiro atoms. The van der Waals surface area contributed by atoms with Crippen molar-refractivity contribution in [3.05, 3.63) is 58.7 Å². The highest BCUT2D eigenvalue weighted by Gasteiger charge is 2.12. The van der Waals surface area contributed by atoms with Gasteiger partial charge in [-0.1, -0.05) is 46.8 Å². The summed E-state index contributed by atoms with van der Waals surface area (Å²) in [5.74, 6) is 0.198. The zero-order valence-electron chi connectivity index (χ0n) is 12.6. The van der Waals surface area contributed by atoms with Gasteiger partial charge in [-0.05, 0) is 18.4 Å². The number of rotatable bonds is 1. The molecule has 0 aliphatic heterocycles. The summed E-state index contributed by atoms with van der Waals surface area (Å²) in [5, 5.41) is 6.04. The lowest BCUT2D eigenvalue weighted by atomic mass is 10.1. The maximum absolute atomic E-state index is 12.2. The zero-order chi connectivity index (χ0) is 16.0. The van der Waals surface area contributed by atoms with E-state index in [-0.39, 0.29) is 5.69 Å². The van der Waals surface area contributed by atoms with Crippen LogP contribution in [0.2, 0.25) is 0 Å². The summed E-state index contributed by atoms with van der Waals surface area (Å²) >= 11 is 1.49. The second-order valence-corrected chi connectivity index (χ2v) is 6.33. The monoisotopic (exact) mass is 323 g/mol. The van der Waals surface area contributed by atoms with Gasteiger partial charge in [-0.25, -0.2) is 0 Å². The Morgan fingerprint density at radius 1 is 1.26 bits per heavy atom. The topological polar surface area (TPSA) is 60.4 Å². The van der Waals surface area contributed by atoms with Crippen LogP contribution in [0.4, 0.5) is 0 Å². The lowest BCUT2D eigenvalue weighted by Crippen LogP contribution is -2.13. The average Bonchev–Trinajstić information content (AvgIpc) is 3.12. The Morgan fingerprint density at radius 3 is 2.87 bits per heavy atom. The number of fused-ring (bicyclic) bond motifs is 3. The fourth-order valence-corrected chi connectivity index (χ4v) is 3.67. The van der Waals surface area contributed by atoms with Gasteiger partial charge in [0.2, 0.25) is 0 Å². The number of benzene rings is 2. The third-order valence-electron chi connectivity index (χ3n) is 3.73. The Bertz CT molecular complexity index is 1120. The Balaban J connectivity index is 1.94. The Kier molecular flexibility index (Phi) is 3.12. The second-order valence-electron chi connectivity index (χ2n) is 5.32. The normalized spacial score (nSPS) is 12.3. The van der Waals surface area contributed by atoms with E-state index < -0.39 is 5.91 Å². The fourth-order valence-electron chi connectivity index (χ4n) is 2.64. The van der Waals surface area contributed by atoms with Crippen molar-refractivity contribution in [3.63, 3.8) is 0 Å². The SMILES string of the molecule is Cc1cc(C(=O)N=c2sc3ccc4ccccc4c3n2C)no1. The maximum Gasteiger partial charge on any atom is 0.301 e. The number of hydrogen-bond acceptors (Lipinski definition) is 4. The van der Waals surface area contributed by atoms with Crippen LogP contribution in [0.15, 0.2) is 52.0 Å². The van der Waals surface area contributed by atoms with Crippen molar-refractivity contribution in [3.8, 4) is 0 Å². The average molecular weight is 323 g/mol. The fraction of sp³-hybridized carbons (Fsp3) is 0.118. The van der Waals surface area contributed by atoms with Crippen LogP contribution >= 0.6 is 11.3 Å². The minimum atomic E-state index is -0.395. The first-order valence-corrected chi connectivity index (χ1v) is 7.95. The number of amides is 1. The number of aromatic nitrogens is 2. The Hall–Kier alpha value is -2.73. The van der Waals surface area contributed by atoms with E-state index in [0.717, 1.165) is 15.6 Å². The molecule has 2 aromatic heterocycles. The third-order valence-corrected chi connectivity index (χ3v) is 4.83. The highest BCUT2D eigenvalue weighted by atomic mass is 32.1. The summed E-state index contributed by atoms with van der Waals surface area (Å²) in [6, 6.07) is 13.9. The van der Waals surface area contributed by atoms with Crippen molar-refractivity contribution in [1.29, 1.82) is 0 Å². The minimum absolute atomic E-state index is 0.227. The first-order chi connectivity index (χ1) is 11.1. The summed E-state index contributed by atoms with van der Waals surface area (Å²) in [4.78, 5) is 17.1. The summed E-state index contributed by atoms with van der Waals surface area (Å²) < 4.78 is 7.98. The van der Waals surface area contributed by atoms with E-state index in [0.29, 0.717) is 10.6 Å². The van der Waals surface area contributed by atoms with E-state index in [1.807, 2.05) is 23.7 Å². The molecular weight excluding hydrogens is 310 g/mol. The van der Waals surface area contributed by atoms with Crippen molar-refractivity contribution >= 4 is 38.2 Å². The van der Waals surface area contributed by atoms with Gasteiger partial charge in [0.1, 0.15) is 5.76 Å². The van der Waals surface area contributed by atoms with E-state index in [1.165, 1.54) is 16.7 Å². The van der Waals surface area contributed by atoms with Gasteiger partial charge >= 0.3 is 5.91 Å². The predicted octanol–water partition coefficient (Wildman–Crippen LogP) is 3.43.